The second-order valence-corrected chi connectivity index (χ2v) is 10.5. The third-order valence-corrected chi connectivity index (χ3v) is 7.31. The summed E-state index contributed by atoms with van der Waals surface area (Å²) in [5.74, 6) is -7.62. The Morgan fingerprint density at radius 1 is 1.05 bits per heavy atom. The van der Waals surface area contributed by atoms with Crippen LogP contribution in [0.25, 0.3) is 11.0 Å². The molecule has 40 heavy (non-hydrogen) atoms. The second-order valence-electron chi connectivity index (χ2n) is 10.5. The minimum absolute atomic E-state index is 0.160. The lowest BCUT2D eigenvalue weighted by Gasteiger charge is -2.33. The van der Waals surface area contributed by atoms with Crippen molar-refractivity contribution in [2.45, 2.75) is 37.8 Å². The van der Waals surface area contributed by atoms with Crippen molar-refractivity contribution in [3.8, 4) is 0 Å². The molecule has 3 aromatic rings. The molecule has 0 aliphatic carbocycles. The number of rotatable bonds is 8. The number of piperidine rings is 1. The zero-order valence-corrected chi connectivity index (χ0v) is 22.1. The SMILES string of the molecule is C[C@@H](Cc1c(F)c(F)cc(F)c1F)NC1CCNC(=O)C1c1nc2cc3c(cc2[nH]1)C(=O)N(CCN(C)C)C3=O. The molecule has 2 unspecified atom stereocenters. The summed E-state index contributed by atoms with van der Waals surface area (Å²) in [6, 6.07) is 2.03. The molecule has 0 radical (unpaired) electrons. The molecule has 2 aliphatic rings. The average molecular weight is 561 g/mol. The highest BCUT2D eigenvalue weighted by atomic mass is 19.2. The van der Waals surface area contributed by atoms with Gasteiger partial charge in [0.05, 0.1) is 22.2 Å². The van der Waals surface area contributed by atoms with E-state index < -0.39 is 58.6 Å². The second kappa shape index (κ2) is 10.6. The summed E-state index contributed by atoms with van der Waals surface area (Å²) in [7, 11) is 3.68. The standard InChI is InChI=1S/C27H28F4N6O3/c1-12(8-15-22(30)16(28)11-17(29)23(15)31)33-18-4-5-32-25(38)21(18)24-34-19-9-13-14(10-20(19)35-24)27(40)37(26(13)39)7-6-36(2)3/h9-12,18,21,33H,4-8H2,1-3H3,(H,32,38)(H,34,35)/t12-,18?,21?/m0/s1. The van der Waals surface area contributed by atoms with Crippen molar-refractivity contribution in [3.05, 3.63) is 64.0 Å². The Morgan fingerprint density at radius 2 is 1.70 bits per heavy atom. The molecule has 5 rings (SSSR count). The van der Waals surface area contributed by atoms with Gasteiger partial charge in [0.25, 0.3) is 11.8 Å². The van der Waals surface area contributed by atoms with E-state index >= 15 is 0 Å². The minimum Gasteiger partial charge on any atom is -0.355 e. The van der Waals surface area contributed by atoms with Crippen molar-refractivity contribution in [1.82, 2.24) is 30.4 Å². The Morgan fingerprint density at radius 3 is 2.35 bits per heavy atom. The van der Waals surface area contributed by atoms with Crippen LogP contribution < -0.4 is 10.6 Å². The zero-order chi connectivity index (χ0) is 28.9. The number of imidazole rings is 1. The number of likely N-dealkylation sites (N-methyl/N-ethyl adjacent to an activating group) is 1. The van der Waals surface area contributed by atoms with Crippen molar-refractivity contribution in [2.75, 3.05) is 33.7 Å². The summed E-state index contributed by atoms with van der Waals surface area (Å²) >= 11 is 0. The van der Waals surface area contributed by atoms with Gasteiger partial charge in [-0.2, -0.15) is 0 Å². The van der Waals surface area contributed by atoms with Crippen molar-refractivity contribution < 1.29 is 31.9 Å². The predicted molar refractivity (Wildman–Crippen MR) is 137 cm³/mol. The fraction of sp³-hybridized carbons (Fsp3) is 0.407. The van der Waals surface area contributed by atoms with Gasteiger partial charge in [-0.1, -0.05) is 0 Å². The van der Waals surface area contributed by atoms with E-state index in [9.17, 15) is 31.9 Å². The van der Waals surface area contributed by atoms with Crippen molar-refractivity contribution in [2.24, 2.45) is 0 Å². The molecule has 0 bridgehead atoms. The third kappa shape index (κ3) is 4.94. The van der Waals surface area contributed by atoms with Crippen molar-refractivity contribution in [3.63, 3.8) is 0 Å². The van der Waals surface area contributed by atoms with E-state index in [1.165, 1.54) is 11.0 Å². The van der Waals surface area contributed by atoms with Gasteiger partial charge in [0.1, 0.15) is 11.7 Å². The zero-order valence-electron chi connectivity index (χ0n) is 22.1. The number of nitrogens with one attached hydrogen (secondary N) is 3. The van der Waals surface area contributed by atoms with E-state index in [0.717, 1.165) is 0 Å². The van der Waals surface area contributed by atoms with E-state index in [-0.39, 0.29) is 41.9 Å². The monoisotopic (exact) mass is 560 g/mol. The Kier molecular flexibility index (Phi) is 7.36. The maximum absolute atomic E-state index is 14.2. The molecule has 0 saturated carbocycles. The fourth-order valence-corrected chi connectivity index (χ4v) is 5.30. The normalized spacial score (nSPS) is 20.0. The smallest absolute Gasteiger partial charge is 0.261 e. The lowest BCUT2D eigenvalue weighted by atomic mass is 9.90. The Hall–Kier alpha value is -3.84. The molecule has 1 aromatic heterocycles. The van der Waals surface area contributed by atoms with Gasteiger partial charge in [0, 0.05) is 43.3 Å². The van der Waals surface area contributed by atoms with Crippen LogP contribution in [0.15, 0.2) is 18.2 Å². The highest BCUT2D eigenvalue weighted by Crippen LogP contribution is 2.31. The fourth-order valence-electron chi connectivity index (χ4n) is 5.30. The number of H-pyrrole nitrogens is 1. The van der Waals surface area contributed by atoms with Gasteiger partial charge < -0.3 is 20.5 Å². The Labute approximate surface area is 226 Å². The number of carbonyl (C=O) groups excluding carboxylic acids is 3. The molecule has 3 atom stereocenters. The van der Waals surface area contributed by atoms with Gasteiger partial charge in [-0.3, -0.25) is 19.3 Å². The topological polar surface area (TPSA) is 110 Å². The molecule has 3 amide bonds. The van der Waals surface area contributed by atoms with Crippen molar-refractivity contribution in [1.29, 1.82) is 0 Å². The van der Waals surface area contributed by atoms with Crippen LogP contribution in [0.5, 0.6) is 0 Å². The highest BCUT2D eigenvalue weighted by Gasteiger charge is 2.39. The van der Waals surface area contributed by atoms with Crippen LogP contribution in [0.4, 0.5) is 17.6 Å². The number of hydrogen-bond donors (Lipinski definition) is 3. The van der Waals surface area contributed by atoms with Crippen LogP contribution in [-0.4, -0.2) is 83.3 Å². The minimum atomic E-state index is -1.48. The summed E-state index contributed by atoms with van der Waals surface area (Å²) in [4.78, 5) is 49.5. The van der Waals surface area contributed by atoms with Crippen molar-refractivity contribution >= 4 is 28.8 Å². The van der Waals surface area contributed by atoms with Crippen LogP contribution in [0.3, 0.4) is 0 Å². The van der Waals surface area contributed by atoms with Crippen LogP contribution in [0, 0.1) is 23.3 Å². The van der Waals surface area contributed by atoms with Gasteiger partial charge in [-0.15, -0.1) is 0 Å². The maximum Gasteiger partial charge on any atom is 0.261 e. The number of carbonyl (C=O) groups is 3. The molecule has 1 saturated heterocycles. The molecule has 0 spiro atoms. The molecule has 3 heterocycles. The third-order valence-electron chi connectivity index (χ3n) is 7.31. The number of nitrogens with zero attached hydrogens (tertiary/aromatic N) is 3. The molecule has 2 aliphatic heterocycles. The molecule has 13 heteroatoms. The molecular formula is C27H28F4N6O3. The largest absolute Gasteiger partial charge is 0.355 e. The summed E-state index contributed by atoms with van der Waals surface area (Å²) in [6.07, 6.45) is 0.0765. The summed E-state index contributed by atoms with van der Waals surface area (Å²) < 4.78 is 55.8. The van der Waals surface area contributed by atoms with Gasteiger partial charge in [-0.25, -0.2) is 22.5 Å². The number of fused-ring (bicyclic) bond motifs is 2. The van der Waals surface area contributed by atoms with Crippen LogP contribution >= 0.6 is 0 Å². The Bertz CT molecular complexity index is 1440. The molecule has 9 nitrogen and oxygen atoms in total. The summed E-state index contributed by atoms with van der Waals surface area (Å²) in [5.41, 5.74) is 0.621. The average Bonchev–Trinajstić information content (AvgIpc) is 3.40. The number of aromatic nitrogens is 2. The van der Waals surface area contributed by atoms with Gasteiger partial charge in [-0.05, 0) is 46.0 Å². The number of imide groups is 1. The first kappa shape index (κ1) is 27.7. The van der Waals surface area contributed by atoms with E-state index in [1.54, 1.807) is 13.0 Å². The van der Waals surface area contributed by atoms with E-state index in [4.69, 9.17) is 0 Å². The summed E-state index contributed by atoms with van der Waals surface area (Å²) in [6.45, 7) is 2.68. The van der Waals surface area contributed by atoms with Gasteiger partial charge in [0.15, 0.2) is 23.3 Å². The lowest BCUT2D eigenvalue weighted by molar-refractivity contribution is -0.124. The first-order valence-electron chi connectivity index (χ1n) is 12.9. The molecule has 1 fully saturated rings. The first-order chi connectivity index (χ1) is 19.0. The number of amides is 3. The molecule has 2 aromatic carbocycles. The highest BCUT2D eigenvalue weighted by molar-refractivity contribution is 6.22. The Balaban J connectivity index is 1.39. The first-order valence-corrected chi connectivity index (χ1v) is 12.9. The number of halogens is 4. The summed E-state index contributed by atoms with van der Waals surface area (Å²) in [5, 5.41) is 5.93. The van der Waals surface area contributed by atoms with Crippen LogP contribution in [0.2, 0.25) is 0 Å². The lowest BCUT2D eigenvalue weighted by Crippen LogP contribution is -2.52. The van der Waals surface area contributed by atoms with Crippen LogP contribution in [0.1, 0.15) is 51.4 Å². The van der Waals surface area contributed by atoms with Gasteiger partial charge >= 0.3 is 0 Å². The molecule has 3 N–H and O–H groups in total. The maximum atomic E-state index is 14.2. The van der Waals surface area contributed by atoms with Gasteiger partial charge in [0.2, 0.25) is 5.91 Å². The van der Waals surface area contributed by atoms with E-state index in [1.807, 2.05) is 19.0 Å². The van der Waals surface area contributed by atoms with E-state index in [2.05, 4.69) is 20.6 Å². The number of benzene rings is 2. The predicted octanol–water partition coefficient (Wildman–Crippen LogP) is 2.47. The molecular weight excluding hydrogens is 532 g/mol. The molecule has 212 valence electrons. The number of aromatic amines is 1. The number of hydrogen-bond acceptors (Lipinski definition) is 6. The van der Waals surface area contributed by atoms with E-state index in [0.29, 0.717) is 30.5 Å². The van der Waals surface area contributed by atoms with Crippen LogP contribution in [-0.2, 0) is 11.2 Å². The quantitative estimate of drug-likeness (QED) is 0.222.